The van der Waals surface area contributed by atoms with Crippen LogP contribution >= 0.6 is 0 Å². The first-order chi connectivity index (χ1) is 27.8. The summed E-state index contributed by atoms with van der Waals surface area (Å²) in [4.78, 5) is 5.15. The maximum Gasteiger partial charge on any atom is 0.0730 e. The van der Waals surface area contributed by atoms with Crippen molar-refractivity contribution in [3.05, 3.63) is 212 Å². The SMILES string of the molecule is c1ccc(-c2cc(-n3c4ccccc4c4cc(-c5ccc(-c6ccc7c(c6)c6ccccc6n7-c6ccccc6)cc5)ccc43)cc(-c3ccccc3)n2)cc1. The van der Waals surface area contributed by atoms with Crippen LogP contribution in [0.25, 0.3) is 99.8 Å². The van der Waals surface area contributed by atoms with Gasteiger partial charge in [-0.25, -0.2) is 4.98 Å². The van der Waals surface area contributed by atoms with Crippen LogP contribution in [0.15, 0.2) is 212 Å². The molecule has 0 amide bonds. The first kappa shape index (κ1) is 32.0. The van der Waals surface area contributed by atoms with Gasteiger partial charge >= 0.3 is 0 Å². The van der Waals surface area contributed by atoms with E-state index in [1.54, 1.807) is 0 Å². The highest BCUT2D eigenvalue weighted by Crippen LogP contribution is 2.38. The van der Waals surface area contributed by atoms with E-state index in [9.17, 15) is 0 Å². The fourth-order valence-electron chi connectivity index (χ4n) is 8.45. The first-order valence-electron chi connectivity index (χ1n) is 19.1. The lowest BCUT2D eigenvalue weighted by Crippen LogP contribution is -1.98. The minimum Gasteiger partial charge on any atom is -0.309 e. The summed E-state index contributed by atoms with van der Waals surface area (Å²) in [5.74, 6) is 0. The van der Waals surface area contributed by atoms with Crippen LogP contribution in [0.4, 0.5) is 0 Å². The standard InChI is InChI=1S/C53H35N3/c1-4-14-38(15-5-1)48-34-43(35-49(54-48)39-16-6-2-7-17-39)56-51-23-13-11-21-45(51)47-33-41(29-31-53(47)56)37-26-24-36(25-27-37)40-28-30-52-46(32-40)44-20-10-12-22-50(44)55(52)42-18-8-3-9-19-42/h1-35H. The Morgan fingerprint density at radius 1 is 0.250 bits per heavy atom. The number of pyridine rings is 1. The average Bonchev–Trinajstić information content (AvgIpc) is 3.79. The number of hydrogen-bond donors (Lipinski definition) is 0. The normalized spacial score (nSPS) is 11.6. The van der Waals surface area contributed by atoms with Crippen molar-refractivity contribution in [2.45, 2.75) is 0 Å². The van der Waals surface area contributed by atoms with Gasteiger partial charge in [0, 0.05) is 38.4 Å². The van der Waals surface area contributed by atoms with Crippen molar-refractivity contribution in [2.75, 3.05) is 0 Å². The molecule has 3 heterocycles. The second-order valence-corrected chi connectivity index (χ2v) is 14.4. The molecule has 0 radical (unpaired) electrons. The van der Waals surface area contributed by atoms with Crippen molar-refractivity contribution in [1.29, 1.82) is 0 Å². The summed E-state index contributed by atoms with van der Waals surface area (Å²) in [5.41, 5.74) is 15.9. The smallest absolute Gasteiger partial charge is 0.0730 e. The van der Waals surface area contributed by atoms with Crippen LogP contribution in [0.2, 0.25) is 0 Å². The van der Waals surface area contributed by atoms with Crippen LogP contribution in [0.3, 0.4) is 0 Å². The zero-order valence-corrected chi connectivity index (χ0v) is 30.5. The minimum absolute atomic E-state index is 0.950. The summed E-state index contributed by atoms with van der Waals surface area (Å²) < 4.78 is 4.76. The monoisotopic (exact) mass is 713 g/mol. The zero-order chi connectivity index (χ0) is 37.0. The van der Waals surface area contributed by atoms with Crippen molar-refractivity contribution in [1.82, 2.24) is 14.1 Å². The molecule has 0 bridgehead atoms. The number of hydrogen-bond acceptors (Lipinski definition) is 1. The average molecular weight is 714 g/mol. The molecule has 262 valence electrons. The highest BCUT2D eigenvalue weighted by Gasteiger charge is 2.17. The topological polar surface area (TPSA) is 22.8 Å². The Labute approximate surface area is 325 Å². The molecular weight excluding hydrogens is 679 g/mol. The van der Waals surface area contributed by atoms with E-state index >= 15 is 0 Å². The lowest BCUT2D eigenvalue weighted by atomic mass is 9.98. The van der Waals surface area contributed by atoms with Crippen molar-refractivity contribution >= 4 is 43.6 Å². The van der Waals surface area contributed by atoms with Gasteiger partial charge in [-0.1, -0.05) is 152 Å². The van der Waals surface area contributed by atoms with Crippen LogP contribution in [0.5, 0.6) is 0 Å². The van der Waals surface area contributed by atoms with Gasteiger partial charge in [0.1, 0.15) is 0 Å². The molecule has 0 aliphatic rings. The molecule has 3 aromatic heterocycles. The summed E-state index contributed by atoms with van der Waals surface area (Å²) in [6.45, 7) is 0. The Morgan fingerprint density at radius 3 is 1.11 bits per heavy atom. The molecule has 11 aromatic rings. The van der Waals surface area contributed by atoms with Crippen LogP contribution < -0.4 is 0 Å². The van der Waals surface area contributed by atoms with E-state index in [4.69, 9.17) is 4.98 Å². The highest BCUT2D eigenvalue weighted by molar-refractivity contribution is 6.11. The first-order valence-corrected chi connectivity index (χ1v) is 19.1. The van der Waals surface area contributed by atoms with E-state index < -0.39 is 0 Å². The van der Waals surface area contributed by atoms with E-state index in [1.165, 1.54) is 71.6 Å². The number of aromatic nitrogens is 3. The van der Waals surface area contributed by atoms with Crippen molar-refractivity contribution < 1.29 is 0 Å². The number of fused-ring (bicyclic) bond motifs is 6. The number of nitrogens with zero attached hydrogens (tertiary/aromatic N) is 3. The van der Waals surface area contributed by atoms with Gasteiger partial charge in [-0.3, -0.25) is 0 Å². The van der Waals surface area contributed by atoms with Gasteiger partial charge in [0.15, 0.2) is 0 Å². The van der Waals surface area contributed by atoms with E-state index in [1.807, 2.05) is 0 Å². The van der Waals surface area contributed by atoms with Crippen LogP contribution in [-0.4, -0.2) is 14.1 Å². The predicted molar refractivity (Wildman–Crippen MR) is 235 cm³/mol. The molecule has 56 heavy (non-hydrogen) atoms. The van der Waals surface area contributed by atoms with Gasteiger partial charge in [0.25, 0.3) is 0 Å². The molecule has 0 N–H and O–H groups in total. The number of benzene rings is 8. The molecule has 0 aliphatic heterocycles. The second kappa shape index (κ2) is 13.1. The zero-order valence-electron chi connectivity index (χ0n) is 30.5. The third-order valence-electron chi connectivity index (χ3n) is 11.1. The van der Waals surface area contributed by atoms with Crippen LogP contribution in [0.1, 0.15) is 0 Å². The predicted octanol–water partition coefficient (Wildman–Crippen LogP) is 13.9. The lowest BCUT2D eigenvalue weighted by Gasteiger charge is -2.13. The molecule has 8 aromatic carbocycles. The van der Waals surface area contributed by atoms with Gasteiger partial charge < -0.3 is 9.13 Å². The van der Waals surface area contributed by atoms with Gasteiger partial charge in [0.2, 0.25) is 0 Å². The number of para-hydroxylation sites is 3. The molecule has 0 saturated heterocycles. The van der Waals surface area contributed by atoms with Crippen molar-refractivity contribution in [3.63, 3.8) is 0 Å². The Bertz CT molecular complexity index is 3150. The van der Waals surface area contributed by atoms with Gasteiger partial charge in [-0.15, -0.1) is 0 Å². The largest absolute Gasteiger partial charge is 0.309 e. The lowest BCUT2D eigenvalue weighted by molar-refractivity contribution is 1.16. The Kier molecular flexibility index (Phi) is 7.49. The molecule has 0 fully saturated rings. The Balaban J connectivity index is 1.000. The molecule has 0 atom stereocenters. The fraction of sp³-hybridized carbons (Fsp3) is 0. The van der Waals surface area contributed by atoms with Crippen LogP contribution in [0, 0.1) is 0 Å². The summed E-state index contributed by atoms with van der Waals surface area (Å²) in [5, 5.41) is 4.97. The molecule has 3 heteroatoms. The quantitative estimate of drug-likeness (QED) is 0.168. The van der Waals surface area contributed by atoms with Gasteiger partial charge in [-0.2, -0.15) is 0 Å². The molecule has 3 nitrogen and oxygen atoms in total. The molecule has 0 aliphatic carbocycles. The highest BCUT2D eigenvalue weighted by atomic mass is 15.0. The minimum atomic E-state index is 0.950. The van der Waals surface area contributed by atoms with Gasteiger partial charge in [0.05, 0.1) is 39.1 Å². The summed E-state index contributed by atoms with van der Waals surface area (Å²) in [6.07, 6.45) is 0. The van der Waals surface area contributed by atoms with Crippen molar-refractivity contribution in [2.24, 2.45) is 0 Å². The third-order valence-corrected chi connectivity index (χ3v) is 11.1. The van der Waals surface area contributed by atoms with Crippen molar-refractivity contribution in [3.8, 4) is 56.1 Å². The second-order valence-electron chi connectivity index (χ2n) is 14.4. The van der Waals surface area contributed by atoms with E-state index in [2.05, 4.69) is 221 Å². The summed E-state index contributed by atoms with van der Waals surface area (Å²) >= 11 is 0. The molecule has 0 spiro atoms. The molecule has 0 unspecified atom stereocenters. The van der Waals surface area contributed by atoms with E-state index in [0.717, 1.165) is 28.2 Å². The summed E-state index contributed by atoms with van der Waals surface area (Å²) in [7, 11) is 0. The Morgan fingerprint density at radius 2 is 0.625 bits per heavy atom. The fourth-order valence-corrected chi connectivity index (χ4v) is 8.45. The van der Waals surface area contributed by atoms with E-state index in [-0.39, 0.29) is 0 Å². The Hall–Kier alpha value is -7.49. The van der Waals surface area contributed by atoms with Gasteiger partial charge in [-0.05, 0) is 82.9 Å². The maximum absolute atomic E-state index is 5.15. The molecular formula is C53H35N3. The number of rotatable bonds is 6. The molecule has 0 saturated carbocycles. The third kappa shape index (κ3) is 5.32. The van der Waals surface area contributed by atoms with E-state index in [0.29, 0.717) is 0 Å². The maximum atomic E-state index is 5.15. The molecule has 11 rings (SSSR count). The van der Waals surface area contributed by atoms with Crippen LogP contribution in [-0.2, 0) is 0 Å². The summed E-state index contributed by atoms with van der Waals surface area (Å²) in [6, 6.07) is 76.2.